The Morgan fingerprint density at radius 3 is 2.79 bits per heavy atom. The molecule has 19 heavy (non-hydrogen) atoms. The summed E-state index contributed by atoms with van der Waals surface area (Å²) < 4.78 is 5.48. The number of nitrogens with one attached hydrogen (secondary N) is 1. The highest BCUT2D eigenvalue weighted by molar-refractivity contribution is 7.14. The van der Waals surface area contributed by atoms with Crippen LogP contribution in [0.5, 0.6) is 5.75 Å². The largest absolute Gasteiger partial charge is 0.494 e. The van der Waals surface area contributed by atoms with Gasteiger partial charge in [0, 0.05) is 5.69 Å². The Morgan fingerprint density at radius 1 is 1.42 bits per heavy atom. The number of nitrogens with zero attached hydrogens (tertiary/aromatic N) is 1. The van der Waals surface area contributed by atoms with Crippen molar-refractivity contribution in [3.63, 3.8) is 0 Å². The average molecular weight is 278 g/mol. The summed E-state index contributed by atoms with van der Waals surface area (Å²) in [5.41, 5.74) is 2.34. The number of ether oxygens (including phenoxy) is 1. The summed E-state index contributed by atoms with van der Waals surface area (Å²) in [5, 5.41) is 12.5. The Hall–Kier alpha value is -2.08. The Morgan fingerprint density at radius 2 is 2.16 bits per heavy atom. The minimum atomic E-state index is -1.04. The van der Waals surface area contributed by atoms with Gasteiger partial charge in [-0.3, -0.25) is 0 Å². The number of carboxylic acids is 1. The van der Waals surface area contributed by atoms with Crippen LogP contribution in [-0.2, 0) is 0 Å². The number of hydrogen-bond acceptors (Lipinski definition) is 5. The number of rotatable bonds is 6. The highest BCUT2D eigenvalue weighted by Gasteiger charge is 2.13. The van der Waals surface area contributed by atoms with Gasteiger partial charge in [-0.05, 0) is 30.7 Å². The lowest BCUT2D eigenvalue weighted by Gasteiger charge is -2.07. The molecular formula is C13H14N2O3S. The predicted octanol–water partition coefficient (Wildman–Crippen LogP) is 3.37. The molecule has 0 aliphatic carbocycles. The second kappa shape index (κ2) is 6.19. The van der Waals surface area contributed by atoms with Crippen LogP contribution >= 0.6 is 11.3 Å². The van der Waals surface area contributed by atoms with E-state index in [9.17, 15) is 4.79 Å². The molecule has 2 rings (SSSR count). The van der Waals surface area contributed by atoms with Gasteiger partial charge in [0.05, 0.1) is 12.1 Å². The minimum Gasteiger partial charge on any atom is -0.494 e. The number of carbonyl (C=O) groups is 1. The number of anilines is 2. The van der Waals surface area contributed by atoms with Crippen LogP contribution in [-0.4, -0.2) is 22.7 Å². The number of hydrogen-bond donors (Lipinski definition) is 2. The van der Waals surface area contributed by atoms with Gasteiger partial charge < -0.3 is 15.2 Å². The van der Waals surface area contributed by atoms with Crippen molar-refractivity contribution in [3.8, 4) is 5.75 Å². The van der Waals surface area contributed by atoms with Crippen LogP contribution in [0.4, 0.5) is 10.7 Å². The number of aromatic carboxylic acids is 1. The highest BCUT2D eigenvalue weighted by Crippen LogP contribution is 2.26. The zero-order valence-electron chi connectivity index (χ0n) is 10.4. The Kier molecular flexibility index (Phi) is 4.35. The lowest BCUT2D eigenvalue weighted by Crippen LogP contribution is -2.01. The molecule has 1 aromatic carbocycles. The van der Waals surface area contributed by atoms with Crippen molar-refractivity contribution in [1.29, 1.82) is 0 Å². The average Bonchev–Trinajstić information content (AvgIpc) is 2.86. The summed E-state index contributed by atoms with van der Waals surface area (Å²) in [6, 6.07) is 7.38. The maximum Gasteiger partial charge on any atom is 0.357 e. The van der Waals surface area contributed by atoms with E-state index in [0.29, 0.717) is 11.6 Å². The molecule has 0 spiro atoms. The Balaban J connectivity index is 2.06. The molecule has 1 aromatic heterocycles. The highest BCUT2D eigenvalue weighted by atomic mass is 32.1. The third-order valence-corrected chi connectivity index (χ3v) is 3.10. The van der Waals surface area contributed by atoms with Crippen molar-refractivity contribution in [1.82, 2.24) is 4.98 Å². The van der Waals surface area contributed by atoms with Crippen LogP contribution in [0.1, 0.15) is 23.8 Å². The van der Waals surface area contributed by atoms with E-state index in [4.69, 9.17) is 9.84 Å². The second-order valence-corrected chi connectivity index (χ2v) is 4.69. The van der Waals surface area contributed by atoms with Gasteiger partial charge >= 0.3 is 5.97 Å². The van der Waals surface area contributed by atoms with E-state index >= 15 is 0 Å². The van der Waals surface area contributed by atoms with Gasteiger partial charge in [-0.1, -0.05) is 6.92 Å². The maximum atomic E-state index is 10.9. The molecule has 0 radical (unpaired) electrons. The van der Waals surface area contributed by atoms with E-state index in [1.807, 2.05) is 31.2 Å². The van der Waals surface area contributed by atoms with Gasteiger partial charge in [-0.25, -0.2) is 9.78 Å². The zero-order valence-corrected chi connectivity index (χ0v) is 11.2. The predicted molar refractivity (Wildman–Crippen MR) is 74.6 cm³/mol. The summed E-state index contributed by atoms with van der Waals surface area (Å²) in [5.74, 6) is -0.234. The number of thiazole rings is 1. The molecule has 0 unspecified atom stereocenters. The molecule has 0 aliphatic rings. The van der Waals surface area contributed by atoms with Crippen LogP contribution in [0.2, 0.25) is 0 Å². The molecule has 0 fully saturated rings. The van der Waals surface area contributed by atoms with Gasteiger partial charge in [0.2, 0.25) is 0 Å². The van der Waals surface area contributed by atoms with Gasteiger partial charge in [0.15, 0.2) is 5.69 Å². The van der Waals surface area contributed by atoms with Crippen molar-refractivity contribution < 1.29 is 14.6 Å². The van der Waals surface area contributed by atoms with Crippen LogP contribution in [0.15, 0.2) is 29.8 Å². The van der Waals surface area contributed by atoms with Crippen molar-refractivity contribution in [2.24, 2.45) is 0 Å². The fourth-order valence-corrected chi connectivity index (χ4v) is 2.16. The van der Waals surface area contributed by atoms with Gasteiger partial charge in [0.25, 0.3) is 0 Å². The molecule has 0 bridgehead atoms. The molecule has 1 heterocycles. The van der Waals surface area contributed by atoms with Crippen molar-refractivity contribution in [2.45, 2.75) is 13.3 Å². The summed E-state index contributed by atoms with van der Waals surface area (Å²) in [6.45, 7) is 2.73. The van der Waals surface area contributed by atoms with E-state index in [1.54, 1.807) is 0 Å². The molecule has 0 saturated carbocycles. The summed E-state index contributed by atoms with van der Waals surface area (Å²) in [7, 11) is 0. The third-order valence-electron chi connectivity index (χ3n) is 2.36. The standard InChI is InChI=1S/C13H14N2O3S/c1-2-7-18-10-5-3-9(4-6-10)15-12-11(13(16)17)14-8-19-12/h3-6,8,15H,2,7H2,1H3,(H,16,17). The quantitative estimate of drug-likeness (QED) is 0.847. The summed E-state index contributed by atoms with van der Waals surface area (Å²) >= 11 is 1.26. The van der Waals surface area contributed by atoms with Crippen molar-refractivity contribution in [3.05, 3.63) is 35.5 Å². The van der Waals surface area contributed by atoms with E-state index in [2.05, 4.69) is 10.3 Å². The Labute approximate surface area is 114 Å². The van der Waals surface area contributed by atoms with Crippen LogP contribution in [0.25, 0.3) is 0 Å². The van der Waals surface area contributed by atoms with E-state index < -0.39 is 5.97 Å². The SMILES string of the molecule is CCCOc1ccc(Nc2scnc2C(=O)O)cc1. The molecule has 100 valence electrons. The normalized spacial score (nSPS) is 10.2. The first-order chi connectivity index (χ1) is 9.20. The third kappa shape index (κ3) is 3.45. The Bertz CT molecular complexity index is 551. The first kappa shape index (κ1) is 13.4. The van der Waals surface area contributed by atoms with Crippen LogP contribution in [0, 0.1) is 0 Å². The summed E-state index contributed by atoms with van der Waals surface area (Å²) in [6.07, 6.45) is 0.961. The number of aromatic nitrogens is 1. The lowest BCUT2D eigenvalue weighted by atomic mass is 10.3. The summed E-state index contributed by atoms with van der Waals surface area (Å²) in [4.78, 5) is 14.7. The van der Waals surface area contributed by atoms with Gasteiger partial charge in [-0.2, -0.15) is 0 Å². The molecular weight excluding hydrogens is 264 g/mol. The molecule has 6 heteroatoms. The number of benzene rings is 1. The molecule has 2 aromatic rings. The fourth-order valence-electron chi connectivity index (χ4n) is 1.47. The van der Waals surface area contributed by atoms with E-state index in [0.717, 1.165) is 17.9 Å². The smallest absolute Gasteiger partial charge is 0.357 e. The minimum absolute atomic E-state index is 0.0382. The first-order valence-electron chi connectivity index (χ1n) is 5.87. The van der Waals surface area contributed by atoms with E-state index in [1.165, 1.54) is 16.8 Å². The van der Waals surface area contributed by atoms with Crippen molar-refractivity contribution in [2.75, 3.05) is 11.9 Å². The molecule has 2 N–H and O–H groups in total. The van der Waals surface area contributed by atoms with Crippen molar-refractivity contribution >= 4 is 28.0 Å². The molecule has 0 atom stereocenters. The van der Waals surface area contributed by atoms with Gasteiger partial charge in [-0.15, -0.1) is 11.3 Å². The van der Waals surface area contributed by atoms with E-state index in [-0.39, 0.29) is 5.69 Å². The topological polar surface area (TPSA) is 71.5 Å². The maximum absolute atomic E-state index is 10.9. The zero-order chi connectivity index (χ0) is 13.7. The first-order valence-corrected chi connectivity index (χ1v) is 6.75. The fraction of sp³-hybridized carbons (Fsp3) is 0.231. The van der Waals surface area contributed by atoms with Crippen LogP contribution in [0.3, 0.4) is 0 Å². The molecule has 0 saturated heterocycles. The molecule has 5 nitrogen and oxygen atoms in total. The molecule has 0 aliphatic heterocycles. The number of carboxylic acid groups (broad SMARTS) is 1. The second-order valence-electron chi connectivity index (χ2n) is 3.83. The van der Waals surface area contributed by atoms with Gasteiger partial charge in [0.1, 0.15) is 10.8 Å². The monoisotopic (exact) mass is 278 g/mol. The lowest BCUT2D eigenvalue weighted by molar-refractivity contribution is 0.0692. The van der Waals surface area contributed by atoms with Crippen LogP contribution < -0.4 is 10.1 Å². The molecule has 0 amide bonds.